The van der Waals surface area contributed by atoms with Gasteiger partial charge >= 0.3 is 0 Å². The fourth-order valence-corrected chi connectivity index (χ4v) is 2.49. The summed E-state index contributed by atoms with van der Waals surface area (Å²) < 4.78 is 5.62. The number of benzene rings is 2. The lowest BCUT2D eigenvalue weighted by Crippen LogP contribution is -2.19. The Kier molecular flexibility index (Phi) is 2.82. The zero-order chi connectivity index (χ0) is 13.4. The Labute approximate surface area is 112 Å². The molecule has 2 aromatic rings. The number of ether oxygens (including phenoxy) is 1. The van der Waals surface area contributed by atoms with Gasteiger partial charge < -0.3 is 14.9 Å². The van der Waals surface area contributed by atoms with Crippen LogP contribution in [0.25, 0.3) is 0 Å². The normalized spacial score (nSPS) is 17.6. The van der Waals surface area contributed by atoms with E-state index in [0.717, 1.165) is 12.0 Å². The number of fused-ring (bicyclic) bond motifs is 1. The second-order valence-corrected chi connectivity index (χ2v) is 5.04. The highest BCUT2D eigenvalue weighted by atomic mass is 16.5. The fourth-order valence-electron chi connectivity index (χ4n) is 2.49. The van der Waals surface area contributed by atoms with Crippen LogP contribution in [0.4, 0.5) is 0 Å². The molecule has 3 rings (SSSR count). The van der Waals surface area contributed by atoms with Crippen molar-refractivity contribution >= 4 is 0 Å². The summed E-state index contributed by atoms with van der Waals surface area (Å²) in [7, 11) is 0. The van der Waals surface area contributed by atoms with E-state index < -0.39 is 0 Å². The SMILES string of the molecule is Cc1ccc([C@@H]2COc3c(ccc(O)c3O)C2)cc1. The van der Waals surface area contributed by atoms with E-state index in [-0.39, 0.29) is 17.4 Å². The van der Waals surface area contributed by atoms with Crippen LogP contribution >= 0.6 is 0 Å². The van der Waals surface area contributed by atoms with E-state index in [1.54, 1.807) is 0 Å². The molecule has 1 heterocycles. The van der Waals surface area contributed by atoms with Crippen molar-refractivity contribution in [2.24, 2.45) is 0 Å². The minimum Gasteiger partial charge on any atom is -0.504 e. The maximum Gasteiger partial charge on any atom is 0.200 e. The highest BCUT2D eigenvalue weighted by molar-refractivity contribution is 5.55. The van der Waals surface area contributed by atoms with Gasteiger partial charge in [-0.25, -0.2) is 0 Å². The molecule has 2 aromatic carbocycles. The summed E-state index contributed by atoms with van der Waals surface area (Å²) in [6.45, 7) is 2.59. The average molecular weight is 256 g/mol. The molecule has 0 aromatic heterocycles. The van der Waals surface area contributed by atoms with E-state index in [9.17, 15) is 10.2 Å². The van der Waals surface area contributed by atoms with Gasteiger partial charge in [0, 0.05) is 5.92 Å². The molecule has 3 heteroatoms. The first-order chi connectivity index (χ1) is 9.15. The number of aromatic hydroxyl groups is 2. The molecule has 3 nitrogen and oxygen atoms in total. The molecule has 2 N–H and O–H groups in total. The van der Waals surface area contributed by atoms with Crippen LogP contribution in [0.5, 0.6) is 17.2 Å². The second kappa shape index (κ2) is 4.50. The van der Waals surface area contributed by atoms with E-state index in [1.165, 1.54) is 17.2 Å². The van der Waals surface area contributed by atoms with E-state index in [1.807, 2.05) is 6.07 Å². The molecule has 1 atom stereocenters. The summed E-state index contributed by atoms with van der Waals surface area (Å²) in [6.07, 6.45) is 0.812. The molecule has 0 aliphatic carbocycles. The Morgan fingerprint density at radius 1 is 1.05 bits per heavy atom. The topological polar surface area (TPSA) is 49.7 Å². The van der Waals surface area contributed by atoms with Crippen LogP contribution in [0.2, 0.25) is 0 Å². The maximum absolute atomic E-state index is 9.76. The first kappa shape index (κ1) is 11.9. The van der Waals surface area contributed by atoms with Crippen molar-refractivity contribution < 1.29 is 14.9 Å². The van der Waals surface area contributed by atoms with Crippen molar-refractivity contribution in [3.8, 4) is 17.2 Å². The van der Waals surface area contributed by atoms with Crippen molar-refractivity contribution in [2.75, 3.05) is 6.61 Å². The van der Waals surface area contributed by atoms with Crippen LogP contribution in [-0.2, 0) is 6.42 Å². The zero-order valence-corrected chi connectivity index (χ0v) is 10.8. The van der Waals surface area contributed by atoms with Gasteiger partial charge in [-0.15, -0.1) is 0 Å². The van der Waals surface area contributed by atoms with Gasteiger partial charge in [-0.3, -0.25) is 0 Å². The monoisotopic (exact) mass is 256 g/mol. The minimum atomic E-state index is -0.153. The highest BCUT2D eigenvalue weighted by Crippen LogP contribution is 2.43. The molecule has 0 amide bonds. The molecule has 98 valence electrons. The smallest absolute Gasteiger partial charge is 0.200 e. The van der Waals surface area contributed by atoms with Gasteiger partial charge in [0.15, 0.2) is 11.5 Å². The standard InChI is InChI=1S/C16H16O3/c1-10-2-4-11(5-3-10)13-8-12-6-7-14(17)15(18)16(12)19-9-13/h2-7,13,17-18H,8-9H2,1H3/t13-/m0/s1. The number of rotatable bonds is 1. The van der Waals surface area contributed by atoms with Gasteiger partial charge in [0.2, 0.25) is 5.75 Å². The van der Waals surface area contributed by atoms with Crippen LogP contribution in [0, 0.1) is 6.92 Å². The molecule has 0 fully saturated rings. The van der Waals surface area contributed by atoms with Crippen molar-refractivity contribution in [2.45, 2.75) is 19.3 Å². The summed E-state index contributed by atoms with van der Waals surface area (Å²) >= 11 is 0. The molecular weight excluding hydrogens is 240 g/mol. The van der Waals surface area contributed by atoms with E-state index in [4.69, 9.17) is 4.74 Å². The summed E-state index contributed by atoms with van der Waals surface area (Å²) in [5.41, 5.74) is 3.42. The van der Waals surface area contributed by atoms with Crippen LogP contribution in [-0.4, -0.2) is 16.8 Å². The number of phenolic OH excluding ortho intramolecular Hbond substituents is 2. The minimum absolute atomic E-state index is 0.132. The van der Waals surface area contributed by atoms with E-state index in [2.05, 4.69) is 31.2 Å². The molecule has 0 saturated carbocycles. The fraction of sp³-hybridized carbons (Fsp3) is 0.250. The van der Waals surface area contributed by atoms with E-state index in [0.29, 0.717) is 12.4 Å². The summed E-state index contributed by atoms with van der Waals surface area (Å²) in [4.78, 5) is 0. The molecule has 19 heavy (non-hydrogen) atoms. The van der Waals surface area contributed by atoms with Gasteiger partial charge in [0.25, 0.3) is 0 Å². The lowest BCUT2D eigenvalue weighted by molar-refractivity contribution is 0.246. The summed E-state index contributed by atoms with van der Waals surface area (Å²) in [5.74, 6) is 0.424. The summed E-state index contributed by atoms with van der Waals surface area (Å²) in [5, 5.41) is 19.2. The molecule has 0 saturated heterocycles. The van der Waals surface area contributed by atoms with Crippen LogP contribution in [0.15, 0.2) is 36.4 Å². The van der Waals surface area contributed by atoms with Gasteiger partial charge in [-0.1, -0.05) is 35.9 Å². The van der Waals surface area contributed by atoms with Crippen molar-refractivity contribution in [1.29, 1.82) is 0 Å². The largest absolute Gasteiger partial charge is 0.504 e. The van der Waals surface area contributed by atoms with Crippen LogP contribution < -0.4 is 4.74 Å². The number of aryl methyl sites for hydroxylation is 1. The molecular formula is C16H16O3. The molecule has 1 aliphatic rings. The van der Waals surface area contributed by atoms with Gasteiger partial charge in [0.1, 0.15) is 0 Å². The molecule has 0 radical (unpaired) electrons. The second-order valence-electron chi connectivity index (χ2n) is 5.04. The number of hydrogen-bond acceptors (Lipinski definition) is 3. The molecule has 0 unspecified atom stereocenters. The van der Waals surface area contributed by atoms with Crippen molar-refractivity contribution in [3.05, 3.63) is 53.1 Å². The predicted octanol–water partition coefficient (Wildman–Crippen LogP) is 3.12. The first-order valence-electron chi connectivity index (χ1n) is 6.38. The Bertz CT molecular complexity index is 602. The third-order valence-corrected chi connectivity index (χ3v) is 3.64. The van der Waals surface area contributed by atoms with Gasteiger partial charge in [-0.05, 0) is 30.5 Å². The van der Waals surface area contributed by atoms with Crippen LogP contribution in [0.1, 0.15) is 22.6 Å². The van der Waals surface area contributed by atoms with E-state index >= 15 is 0 Å². The third-order valence-electron chi connectivity index (χ3n) is 3.64. The van der Waals surface area contributed by atoms with Crippen molar-refractivity contribution in [1.82, 2.24) is 0 Å². The van der Waals surface area contributed by atoms with Gasteiger partial charge in [-0.2, -0.15) is 0 Å². The van der Waals surface area contributed by atoms with Crippen LogP contribution in [0.3, 0.4) is 0 Å². The number of phenols is 2. The maximum atomic E-state index is 9.76. The lowest BCUT2D eigenvalue weighted by Gasteiger charge is -2.26. The Balaban J connectivity index is 1.90. The lowest BCUT2D eigenvalue weighted by atomic mass is 9.90. The first-order valence-corrected chi connectivity index (χ1v) is 6.38. The van der Waals surface area contributed by atoms with Crippen molar-refractivity contribution in [3.63, 3.8) is 0 Å². The molecule has 0 bridgehead atoms. The summed E-state index contributed by atoms with van der Waals surface area (Å²) in [6, 6.07) is 11.8. The zero-order valence-electron chi connectivity index (χ0n) is 10.8. The Morgan fingerprint density at radius 3 is 2.53 bits per heavy atom. The van der Waals surface area contributed by atoms with Gasteiger partial charge in [0.05, 0.1) is 6.61 Å². The molecule has 0 spiro atoms. The Morgan fingerprint density at radius 2 is 1.79 bits per heavy atom. The average Bonchev–Trinajstić information content (AvgIpc) is 2.43. The highest BCUT2D eigenvalue weighted by Gasteiger charge is 2.24. The predicted molar refractivity (Wildman–Crippen MR) is 72.9 cm³/mol. The number of hydrogen-bond donors (Lipinski definition) is 2. The Hall–Kier alpha value is -2.16. The molecule has 1 aliphatic heterocycles. The third kappa shape index (κ3) is 2.12. The quantitative estimate of drug-likeness (QED) is 0.771.